The van der Waals surface area contributed by atoms with E-state index in [0.717, 1.165) is 15.8 Å². The van der Waals surface area contributed by atoms with Crippen molar-refractivity contribution in [2.45, 2.75) is 11.8 Å². The second-order valence-corrected chi connectivity index (χ2v) is 9.09. The highest BCUT2D eigenvalue weighted by Crippen LogP contribution is 2.29. The molecule has 0 bridgehead atoms. The van der Waals surface area contributed by atoms with Gasteiger partial charge in [-0.25, -0.2) is 8.42 Å². The smallest absolute Gasteiger partial charge is 0.295 e. The Hall–Kier alpha value is -3.44. The molecule has 0 spiro atoms. The number of nitrogens with zero attached hydrogens (tertiary/aromatic N) is 2. The molecule has 2 aromatic carbocycles. The van der Waals surface area contributed by atoms with Gasteiger partial charge in [-0.1, -0.05) is 0 Å². The third kappa shape index (κ3) is 5.13. The molecule has 0 fully saturated rings. The molecule has 0 amide bonds. The minimum absolute atomic E-state index is 0.0768. The van der Waals surface area contributed by atoms with E-state index in [1.165, 1.54) is 48.9 Å². The molecule has 0 saturated heterocycles. The van der Waals surface area contributed by atoms with E-state index < -0.39 is 20.6 Å². The van der Waals surface area contributed by atoms with Gasteiger partial charge in [-0.3, -0.25) is 20.3 Å². The zero-order valence-corrected chi connectivity index (χ0v) is 17.7. The topological polar surface area (TPSA) is 123 Å². The van der Waals surface area contributed by atoms with Crippen LogP contribution in [0.15, 0.2) is 64.6 Å². The van der Waals surface area contributed by atoms with E-state index in [0.29, 0.717) is 11.4 Å². The van der Waals surface area contributed by atoms with Crippen LogP contribution in [-0.2, 0) is 10.0 Å². The number of benzene rings is 2. The Kier molecular flexibility index (Phi) is 6.33. The standard InChI is InChI=1S/C19H18N4O5S2/c1-13-3-8-16(29-13)12-20-21-18-10-9-17(11-19(18)23(24)25)30(26,27)22-14-4-6-15(28-2)7-5-14/h3-12,21-22H,1-2H3/b20-12-. The van der Waals surface area contributed by atoms with Crippen LogP contribution in [0.1, 0.15) is 9.75 Å². The molecule has 2 N–H and O–H groups in total. The van der Waals surface area contributed by atoms with Gasteiger partial charge in [0.05, 0.1) is 23.1 Å². The fourth-order valence-corrected chi connectivity index (χ4v) is 4.31. The van der Waals surface area contributed by atoms with Gasteiger partial charge in [0, 0.05) is 21.5 Å². The Morgan fingerprint density at radius 2 is 1.87 bits per heavy atom. The lowest BCUT2D eigenvalue weighted by atomic mass is 10.3. The van der Waals surface area contributed by atoms with Crippen molar-refractivity contribution in [2.75, 3.05) is 17.3 Å². The maximum absolute atomic E-state index is 12.6. The highest BCUT2D eigenvalue weighted by molar-refractivity contribution is 7.92. The lowest BCUT2D eigenvalue weighted by Crippen LogP contribution is -2.13. The van der Waals surface area contributed by atoms with Crippen LogP contribution in [0.25, 0.3) is 0 Å². The van der Waals surface area contributed by atoms with Crippen LogP contribution in [0.3, 0.4) is 0 Å². The van der Waals surface area contributed by atoms with Gasteiger partial charge in [0.2, 0.25) is 0 Å². The number of anilines is 2. The number of aryl methyl sites for hydroxylation is 1. The number of sulfonamides is 1. The van der Waals surface area contributed by atoms with Crippen LogP contribution >= 0.6 is 11.3 Å². The van der Waals surface area contributed by atoms with Gasteiger partial charge < -0.3 is 4.74 Å². The van der Waals surface area contributed by atoms with E-state index in [4.69, 9.17) is 4.74 Å². The predicted molar refractivity (Wildman–Crippen MR) is 117 cm³/mol. The van der Waals surface area contributed by atoms with Crippen molar-refractivity contribution in [2.24, 2.45) is 5.10 Å². The number of rotatable bonds is 8. The van der Waals surface area contributed by atoms with Crippen molar-refractivity contribution in [3.05, 3.63) is 74.5 Å². The van der Waals surface area contributed by atoms with Crippen molar-refractivity contribution < 1.29 is 18.1 Å². The van der Waals surface area contributed by atoms with E-state index in [2.05, 4.69) is 15.2 Å². The second-order valence-electron chi connectivity index (χ2n) is 6.09. The van der Waals surface area contributed by atoms with E-state index >= 15 is 0 Å². The maximum Gasteiger partial charge on any atom is 0.295 e. The van der Waals surface area contributed by atoms with Gasteiger partial charge >= 0.3 is 0 Å². The van der Waals surface area contributed by atoms with E-state index in [-0.39, 0.29) is 10.6 Å². The van der Waals surface area contributed by atoms with Gasteiger partial charge in [0.1, 0.15) is 11.4 Å². The van der Waals surface area contributed by atoms with Gasteiger partial charge in [0.15, 0.2) is 0 Å². The summed E-state index contributed by atoms with van der Waals surface area (Å²) in [6, 6.07) is 13.6. The molecule has 0 radical (unpaired) electrons. The summed E-state index contributed by atoms with van der Waals surface area (Å²) >= 11 is 1.52. The summed E-state index contributed by atoms with van der Waals surface area (Å²) in [7, 11) is -2.53. The van der Waals surface area contributed by atoms with Crippen LogP contribution < -0.4 is 14.9 Å². The number of ether oxygens (including phenoxy) is 1. The molecule has 0 atom stereocenters. The number of thiophene rings is 1. The molecule has 156 valence electrons. The molecule has 30 heavy (non-hydrogen) atoms. The number of nitrogens with one attached hydrogen (secondary N) is 2. The first-order valence-electron chi connectivity index (χ1n) is 8.59. The molecule has 0 aliphatic rings. The molecule has 0 aliphatic carbocycles. The third-order valence-electron chi connectivity index (χ3n) is 3.96. The first kappa shape index (κ1) is 21.3. The lowest BCUT2D eigenvalue weighted by molar-refractivity contribution is -0.384. The minimum atomic E-state index is -4.03. The van der Waals surface area contributed by atoms with Crippen LogP contribution in [0.4, 0.5) is 17.1 Å². The molecule has 3 aromatic rings. The van der Waals surface area contributed by atoms with Crippen molar-refractivity contribution in [3.63, 3.8) is 0 Å². The SMILES string of the molecule is COc1ccc(NS(=O)(=O)c2ccc(N/N=C\c3ccc(C)s3)c([N+](=O)[O-])c2)cc1. The zero-order chi connectivity index (χ0) is 21.7. The summed E-state index contributed by atoms with van der Waals surface area (Å²) in [5.41, 5.74) is 2.57. The summed E-state index contributed by atoms with van der Waals surface area (Å²) in [6.45, 7) is 1.96. The summed E-state index contributed by atoms with van der Waals surface area (Å²) in [6.07, 6.45) is 1.54. The number of hydrogen-bond acceptors (Lipinski definition) is 8. The van der Waals surface area contributed by atoms with Crippen molar-refractivity contribution in [3.8, 4) is 5.75 Å². The van der Waals surface area contributed by atoms with E-state index in [1.807, 2.05) is 19.1 Å². The third-order valence-corrected chi connectivity index (χ3v) is 6.27. The Labute approximate surface area is 177 Å². The number of nitro benzene ring substituents is 1. The normalized spacial score (nSPS) is 11.4. The molecular weight excluding hydrogens is 428 g/mol. The molecule has 3 rings (SSSR count). The van der Waals surface area contributed by atoms with Crippen LogP contribution in [0, 0.1) is 17.0 Å². The fraction of sp³-hybridized carbons (Fsp3) is 0.105. The predicted octanol–water partition coefficient (Wildman–Crippen LogP) is 4.22. The van der Waals surface area contributed by atoms with Crippen molar-refractivity contribution >= 4 is 44.6 Å². The second kappa shape index (κ2) is 8.93. The summed E-state index contributed by atoms with van der Waals surface area (Å²) in [5, 5.41) is 15.5. The largest absolute Gasteiger partial charge is 0.497 e. The minimum Gasteiger partial charge on any atom is -0.497 e. The molecule has 9 nitrogen and oxygen atoms in total. The molecule has 0 aliphatic heterocycles. The summed E-state index contributed by atoms with van der Waals surface area (Å²) < 4.78 is 32.7. The molecule has 11 heteroatoms. The first-order valence-corrected chi connectivity index (χ1v) is 10.9. The van der Waals surface area contributed by atoms with Crippen molar-refractivity contribution in [1.82, 2.24) is 0 Å². The number of hydrazone groups is 1. The van der Waals surface area contributed by atoms with Gasteiger partial charge in [-0.2, -0.15) is 5.10 Å². The zero-order valence-electron chi connectivity index (χ0n) is 16.0. The molecule has 1 heterocycles. The molecule has 0 unspecified atom stereocenters. The van der Waals surface area contributed by atoms with Gasteiger partial charge in [-0.05, 0) is 55.5 Å². The first-order chi connectivity index (χ1) is 14.3. The average molecular weight is 447 g/mol. The Morgan fingerprint density at radius 1 is 1.13 bits per heavy atom. The van der Waals surface area contributed by atoms with E-state index in [1.54, 1.807) is 12.1 Å². The van der Waals surface area contributed by atoms with Crippen molar-refractivity contribution in [1.29, 1.82) is 0 Å². The van der Waals surface area contributed by atoms with Gasteiger partial charge in [0.25, 0.3) is 15.7 Å². The van der Waals surface area contributed by atoms with Crippen LogP contribution in [0.2, 0.25) is 0 Å². The summed E-state index contributed by atoms with van der Waals surface area (Å²) in [4.78, 5) is 12.5. The highest BCUT2D eigenvalue weighted by atomic mass is 32.2. The maximum atomic E-state index is 12.6. The molecule has 0 saturated carbocycles. The fourth-order valence-electron chi connectivity index (χ4n) is 2.49. The highest BCUT2D eigenvalue weighted by Gasteiger charge is 2.21. The lowest BCUT2D eigenvalue weighted by Gasteiger charge is -2.10. The average Bonchev–Trinajstić information content (AvgIpc) is 3.13. The number of nitro groups is 1. The van der Waals surface area contributed by atoms with E-state index in [9.17, 15) is 18.5 Å². The Morgan fingerprint density at radius 3 is 2.47 bits per heavy atom. The summed E-state index contributed by atoms with van der Waals surface area (Å²) in [5.74, 6) is 0.572. The number of hydrogen-bond donors (Lipinski definition) is 2. The monoisotopic (exact) mass is 446 g/mol. The molecule has 1 aromatic heterocycles. The van der Waals surface area contributed by atoms with Crippen LogP contribution in [-0.4, -0.2) is 26.7 Å². The molecular formula is C19H18N4O5S2. The Balaban J connectivity index is 1.82. The van der Waals surface area contributed by atoms with Gasteiger partial charge in [-0.15, -0.1) is 11.3 Å². The Bertz CT molecular complexity index is 1190. The number of methoxy groups -OCH3 is 1. The quantitative estimate of drug-likeness (QED) is 0.303. The van der Waals surface area contributed by atoms with Crippen LogP contribution in [0.5, 0.6) is 5.75 Å².